The van der Waals surface area contributed by atoms with Crippen LogP contribution in [0.15, 0.2) is 42.5 Å². The molecular weight excluding hydrogens is 249 g/mol. The molecule has 0 fully saturated rings. The van der Waals surface area contributed by atoms with Gasteiger partial charge in [-0.25, -0.2) is 4.39 Å². The average molecular weight is 271 g/mol. The first-order valence-corrected chi connectivity index (χ1v) is 7.21. The zero-order valence-corrected chi connectivity index (χ0v) is 12.4. The molecule has 0 saturated carbocycles. The monoisotopic (exact) mass is 271 g/mol. The molecule has 2 rings (SSSR count). The molecule has 1 nitrogen and oxygen atoms in total. The van der Waals surface area contributed by atoms with E-state index in [9.17, 15) is 4.39 Å². The maximum atomic E-state index is 14.1. The number of nitrogens with one attached hydrogen (secondary N) is 1. The normalized spacial score (nSPS) is 12.4. The number of hydrogen-bond acceptors (Lipinski definition) is 1. The molecule has 1 unspecified atom stereocenters. The molecule has 0 aromatic heterocycles. The molecule has 0 bridgehead atoms. The Labute approximate surface area is 120 Å². The van der Waals surface area contributed by atoms with Crippen LogP contribution in [0.2, 0.25) is 0 Å². The van der Waals surface area contributed by atoms with E-state index in [-0.39, 0.29) is 11.9 Å². The third kappa shape index (κ3) is 3.45. The van der Waals surface area contributed by atoms with Crippen LogP contribution in [0.25, 0.3) is 11.1 Å². The third-order valence-electron chi connectivity index (χ3n) is 3.55. The van der Waals surface area contributed by atoms with Gasteiger partial charge < -0.3 is 5.32 Å². The molecule has 1 atom stereocenters. The van der Waals surface area contributed by atoms with Gasteiger partial charge in [-0.2, -0.15) is 0 Å². The maximum Gasteiger partial charge on any atom is 0.131 e. The van der Waals surface area contributed by atoms with Gasteiger partial charge in [-0.05, 0) is 50.1 Å². The average Bonchev–Trinajstić information content (AvgIpc) is 2.46. The van der Waals surface area contributed by atoms with Crippen LogP contribution in [0, 0.1) is 12.7 Å². The van der Waals surface area contributed by atoms with E-state index in [0.29, 0.717) is 5.56 Å². The fraction of sp³-hybridized carbons (Fsp3) is 0.333. The zero-order valence-electron chi connectivity index (χ0n) is 12.4. The lowest BCUT2D eigenvalue weighted by Crippen LogP contribution is -2.19. The van der Waals surface area contributed by atoms with Crippen LogP contribution in [-0.2, 0) is 0 Å². The van der Waals surface area contributed by atoms with Gasteiger partial charge in [0.25, 0.3) is 0 Å². The first kappa shape index (κ1) is 14.7. The van der Waals surface area contributed by atoms with Crippen LogP contribution >= 0.6 is 0 Å². The Morgan fingerprint density at radius 2 is 1.80 bits per heavy atom. The van der Waals surface area contributed by atoms with Gasteiger partial charge in [0.05, 0.1) is 0 Å². The second kappa shape index (κ2) is 6.67. The number of rotatable bonds is 5. The highest BCUT2D eigenvalue weighted by Gasteiger charge is 2.10. The van der Waals surface area contributed by atoms with Crippen molar-refractivity contribution >= 4 is 0 Å². The minimum absolute atomic E-state index is 0.166. The number of aryl methyl sites for hydroxylation is 1. The van der Waals surface area contributed by atoms with Gasteiger partial charge in [-0.3, -0.25) is 0 Å². The Kier molecular flexibility index (Phi) is 4.91. The number of hydrogen-bond donors (Lipinski definition) is 1. The van der Waals surface area contributed by atoms with Crippen LogP contribution in [0.5, 0.6) is 0 Å². The standard InChI is InChI=1S/C18H22FN/c1-4-11-20-14(3)16-9-10-18(19)17(12-16)15-7-5-13(2)6-8-15/h5-10,12,14,20H,4,11H2,1-3H3. The van der Waals surface area contributed by atoms with Gasteiger partial charge in [0.2, 0.25) is 0 Å². The van der Waals surface area contributed by atoms with Gasteiger partial charge in [-0.15, -0.1) is 0 Å². The summed E-state index contributed by atoms with van der Waals surface area (Å²) >= 11 is 0. The number of halogens is 1. The summed E-state index contributed by atoms with van der Waals surface area (Å²) in [5.41, 5.74) is 3.91. The van der Waals surface area contributed by atoms with Crippen LogP contribution in [0.1, 0.15) is 37.4 Å². The van der Waals surface area contributed by atoms with E-state index >= 15 is 0 Å². The Balaban J connectivity index is 2.31. The first-order chi connectivity index (χ1) is 9.61. The van der Waals surface area contributed by atoms with E-state index in [1.165, 1.54) is 5.56 Å². The molecule has 2 aromatic carbocycles. The van der Waals surface area contributed by atoms with Crippen molar-refractivity contribution in [2.75, 3.05) is 6.54 Å². The molecule has 0 aliphatic rings. The third-order valence-corrected chi connectivity index (χ3v) is 3.55. The lowest BCUT2D eigenvalue weighted by Gasteiger charge is -2.15. The zero-order chi connectivity index (χ0) is 14.5. The van der Waals surface area contributed by atoms with Crippen LogP contribution < -0.4 is 5.32 Å². The Morgan fingerprint density at radius 1 is 1.10 bits per heavy atom. The van der Waals surface area contributed by atoms with E-state index < -0.39 is 0 Å². The molecular formula is C18H22FN. The molecule has 0 amide bonds. The van der Waals surface area contributed by atoms with E-state index in [1.54, 1.807) is 6.07 Å². The SMILES string of the molecule is CCCNC(C)c1ccc(F)c(-c2ccc(C)cc2)c1. The molecule has 0 heterocycles. The van der Waals surface area contributed by atoms with Crippen LogP contribution in [-0.4, -0.2) is 6.54 Å². The molecule has 20 heavy (non-hydrogen) atoms. The van der Waals surface area contributed by atoms with Crippen molar-refractivity contribution in [1.82, 2.24) is 5.32 Å². The van der Waals surface area contributed by atoms with Gasteiger partial charge in [0.15, 0.2) is 0 Å². The number of benzene rings is 2. The van der Waals surface area contributed by atoms with Crippen molar-refractivity contribution in [3.63, 3.8) is 0 Å². The molecule has 0 aliphatic heterocycles. The summed E-state index contributed by atoms with van der Waals surface area (Å²) in [6, 6.07) is 13.6. The second-order valence-electron chi connectivity index (χ2n) is 5.28. The largest absolute Gasteiger partial charge is 0.310 e. The topological polar surface area (TPSA) is 12.0 Å². The Hall–Kier alpha value is -1.67. The molecule has 1 N–H and O–H groups in total. The summed E-state index contributed by atoms with van der Waals surface area (Å²) in [7, 11) is 0. The van der Waals surface area contributed by atoms with Crippen LogP contribution in [0.3, 0.4) is 0 Å². The second-order valence-corrected chi connectivity index (χ2v) is 5.28. The molecule has 2 aromatic rings. The minimum Gasteiger partial charge on any atom is -0.310 e. The van der Waals surface area contributed by atoms with Crippen molar-refractivity contribution in [1.29, 1.82) is 0 Å². The molecule has 106 valence electrons. The minimum atomic E-state index is -0.166. The fourth-order valence-corrected chi connectivity index (χ4v) is 2.25. The van der Waals surface area contributed by atoms with Gasteiger partial charge in [0.1, 0.15) is 5.82 Å². The van der Waals surface area contributed by atoms with E-state index in [2.05, 4.69) is 19.2 Å². The highest BCUT2D eigenvalue weighted by molar-refractivity contribution is 5.65. The predicted octanol–water partition coefficient (Wildman–Crippen LogP) is 4.86. The van der Waals surface area contributed by atoms with Gasteiger partial charge in [-0.1, -0.05) is 42.8 Å². The maximum absolute atomic E-state index is 14.1. The molecule has 0 spiro atoms. The predicted molar refractivity (Wildman–Crippen MR) is 83.3 cm³/mol. The summed E-state index contributed by atoms with van der Waals surface area (Å²) < 4.78 is 14.1. The lowest BCUT2D eigenvalue weighted by molar-refractivity contribution is 0.568. The van der Waals surface area contributed by atoms with E-state index in [1.807, 2.05) is 43.3 Å². The summed E-state index contributed by atoms with van der Waals surface area (Å²) in [5.74, 6) is -0.166. The van der Waals surface area contributed by atoms with Crippen molar-refractivity contribution in [3.05, 3.63) is 59.4 Å². The van der Waals surface area contributed by atoms with Gasteiger partial charge >= 0.3 is 0 Å². The van der Waals surface area contributed by atoms with Crippen molar-refractivity contribution in [3.8, 4) is 11.1 Å². The van der Waals surface area contributed by atoms with Crippen molar-refractivity contribution in [2.45, 2.75) is 33.2 Å². The molecule has 0 aliphatic carbocycles. The molecule has 2 heteroatoms. The Bertz CT molecular complexity index is 560. The smallest absolute Gasteiger partial charge is 0.131 e. The quantitative estimate of drug-likeness (QED) is 0.818. The summed E-state index contributed by atoms with van der Waals surface area (Å²) in [4.78, 5) is 0. The van der Waals surface area contributed by atoms with Crippen molar-refractivity contribution < 1.29 is 4.39 Å². The highest BCUT2D eigenvalue weighted by atomic mass is 19.1. The fourth-order valence-electron chi connectivity index (χ4n) is 2.25. The lowest BCUT2D eigenvalue weighted by atomic mass is 9.99. The van der Waals surface area contributed by atoms with Gasteiger partial charge in [0, 0.05) is 11.6 Å². The summed E-state index contributed by atoms with van der Waals surface area (Å²) in [6.45, 7) is 7.26. The van der Waals surface area contributed by atoms with E-state index in [0.717, 1.165) is 24.1 Å². The summed E-state index contributed by atoms with van der Waals surface area (Å²) in [5, 5.41) is 3.43. The summed E-state index contributed by atoms with van der Waals surface area (Å²) in [6.07, 6.45) is 1.09. The highest BCUT2D eigenvalue weighted by Crippen LogP contribution is 2.26. The molecule has 0 saturated heterocycles. The Morgan fingerprint density at radius 3 is 2.45 bits per heavy atom. The first-order valence-electron chi connectivity index (χ1n) is 7.21. The van der Waals surface area contributed by atoms with Crippen LogP contribution in [0.4, 0.5) is 4.39 Å². The molecule has 0 radical (unpaired) electrons. The van der Waals surface area contributed by atoms with E-state index in [4.69, 9.17) is 0 Å². The van der Waals surface area contributed by atoms with Crippen molar-refractivity contribution in [2.24, 2.45) is 0 Å².